The number of carboxylic acids is 1. The summed E-state index contributed by atoms with van der Waals surface area (Å²) < 4.78 is 0. The van der Waals surface area contributed by atoms with Gasteiger partial charge in [-0.2, -0.15) is 0 Å². The number of amides is 1. The molecule has 2 rings (SSSR count). The van der Waals surface area contributed by atoms with E-state index in [1.165, 1.54) is 6.07 Å². The molecule has 0 aliphatic carbocycles. The highest BCUT2D eigenvalue weighted by atomic mass is 16.4. The summed E-state index contributed by atoms with van der Waals surface area (Å²) in [5.74, 6) is -1.12. The molecule has 0 bridgehead atoms. The average molecular weight is 220 g/mol. The number of carbonyl (C=O) groups is 2. The first kappa shape index (κ1) is 10.5. The van der Waals surface area contributed by atoms with E-state index in [0.717, 1.165) is 0 Å². The van der Waals surface area contributed by atoms with Crippen molar-refractivity contribution in [1.29, 1.82) is 0 Å². The van der Waals surface area contributed by atoms with E-state index in [-0.39, 0.29) is 17.5 Å². The van der Waals surface area contributed by atoms with Gasteiger partial charge in [-0.05, 0) is 19.1 Å². The number of benzene rings is 1. The maximum absolute atomic E-state index is 11.4. The molecule has 5 heteroatoms. The number of anilines is 2. The smallest absolute Gasteiger partial charge is 0.337 e. The SMILES string of the molecule is C[C@@H]1CC(=O)Nc2cccc(C(=O)O)c2N1. The van der Waals surface area contributed by atoms with Crippen LogP contribution in [0.4, 0.5) is 11.4 Å². The minimum atomic E-state index is -1.01. The van der Waals surface area contributed by atoms with E-state index < -0.39 is 5.97 Å². The summed E-state index contributed by atoms with van der Waals surface area (Å²) in [4.78, 5) is 22.5. The van der Waals surface area contributed by atoms with Gasteiger partial charge < -0.3 is 15.7 Å². The molecule has 1 heterocycles. The van der Waals surface area contributed by atoms with E-state index in [1.807, 2.05) is 6.92 Å². The van der Waals surface area contributed by atoms with Crippen molar-refractivity contribution in [3.8, 4) is 0 Å². The summed E-state index contributed by atoms with van der Waals surface area (Å²) in [6, 6.07) is 4.73. The Bertz CT molecular complexity index is 457. The van der Waals surface area contributed by atoms with Crippen LogP contribution in [-0.4, -0.2) is 23.0 Å². The maximum Gasteiger partial charge on any atom is 0.337 e. The zero-order valence-corrected chi connectivity index (χ0v) is 8.78. The van der Waals surface area contributed by atoms with Gasteiger partial charge in [0.2, 0.25) is 5.91 Å². The Morgan fingerprint density at radius 2 is 2.25 bits per heavy atom. The van der Waals surface area contributed by atoms with E-state index in [9.17, 15) is 9.59 Å². The van der Waals surface area contributed by atoms with Gasteiger partial charge in [0.25, 0.3) is 0 Å². The van der Waals surface area contributed by atoms with Crippen LogP contribution < -0.4 is 10.6 Å². The van der Waals surface area contributed by atoms with Gasteiger partial charge in [-0.15, -0.1) is 0 Å². The molecule has 0 saturated heterocycles. The van der Waals surface area contributed by atoms with E-state index in [0.29, 0.717) is 17.8 Å². The quantitative estimate of drug-likeness (QED) is 0.670. The molecule has 1 atom stereocenters. The third kappa shape index (κ3) is 1.84. The third-order valence-corrected chi connectivity index (χ3v) is 2.45. The fourth-order valence-electron chi connectivity index (χ4n) is 1.77. The molecule has 0 fully saturated rings. The Morgan fingerprint density at radius 3 is 2.94 bits per heavy atom. The van der Waals surface area contributed by atoms with Crippen LogP contribution in [0.3, 0.4) is 0 Å². The maximum atomic E-state index is 11.4. The zero-order valence-electron chi connectivity index (χ0n) is 8.78. The molecule has 1 aliphatic rings. The van der Waals surface area contributed by atoms with E-state index in [1.54, 1.807) is 12.1 Å². The number of para-hydroxylation sites is 1. The number of carbonyl (C=O) groups excluding carboxylic acids is 1. The van der Waals surface area contributed by atoms with Gasteiger partial charge in [0.05, 0.1) is 16.9 Å². The third-order valence-electron chi connectivity index (χ3n) is 2.45. The van der Waals surface area contributed by atoms with Crippen LogP contribution in [0.2, 0.25) is 0 Å². The average Bonchev–Trinajstić information content (AvgIpc) is 2.33. The van der Waals surface area contributed by atoms with Crippen molar-refractivity contribution < 1.29 is 14.7 Å². The molecule has 3 N–H and O–H groups in total. The summed E-state index contributed by atoms with van der Waals surface area (Å²) in [5.41, 5.74) is 1.18. The minimum absolute atomic E-state index is 0.0817. The largest absolute Gasteiger partial charge is 0.478 e. The summed E-state index contributed by atoms with van der Waals surface area (Å²) in [6.45, 7) is 1.84. The normalized spacial score (nSPS) is 19.1. The molecule has 1 aliphatic heterocycles. The molecule has 16 heavy (non-hydrogen) atoms. The van der Waals surface area contributed by atoms with Gasteiger partial charge in [0.1, 0.15) is 0 Å². The predicted molar refractivity (Wildman–Crippen MR) is 59.7 cm³/mol. The topological polar surface area (TPSA) is 78.4 Å². The first-order valence-electron chi connectivity index (χ1n) is 5.00. The van der Waals surface area contributed by atoms with Crippen molar-refractivity contribution in [2.45, 2.75) is 19.4 Å². The van der Waals surface area contributed by atoms with Crippen molar-refractivity contribution in [2.75, 3.05) is 10.6 Å². The first-order valence-corrected chi connectivity index (χ1v) is 5.00. The molecule has 1 aromatic carbocycles. The van der Waals surface area contributed by atoms with Crippen LogP contribution in [0.15, 0.2) is 18.2 Å². The number of nitrogens with one attached hydrogen (secondary N) is 2. The van der Waals surface area contributed by atoms with Crippen molar-refractivity contribution in [2.24, 2.45) is 0 Å². The van der Waals surface area contributed by atoms with Crippen molar-refractivity contribution in [1.82, 2.24) is 0 Å². The van der Waals surface area contributed by atoms with Crippen LogP contribution in [0.1, 0.15) is 23.7 Å². The van der Waals surface area contributed by atoms with E-state index in [2.05, 4.69) is 10.6 Å². The standard InChI is InChI=1S/C11H12N2O3/c1-6-5-9(14)13-8-4-2-3-7(11(15)16)10(8)12-6/h2-4,6,12H,5H2,1H3,(H,13,14)(H,15,16)/t6-/m1/s1. The zero-order chi connectivity index (χ0) is 11.7. The highest BCUT2D eigenvalue weighted by molar-refractivity contribution is 6.03. The van der Waals surface area contributed by atoms with Gasteiger partial charge in [-0.1, -0.05) is 6.07 Å². The fraction of sp³-hybridized carbons (Fsp3) is 0.273. The lowest BCUT2D eigenvalue weighted by molar-refractivity contribution is -0.116. The number of carboxylic acid groups (broad SMARTS) is 1. The Labute approximate surface area is 92.5 Å². The molecule has 84 valence electrons. The Morgan fingerprint density at radius 1 is 1.50 bits per heavy atom. The van der Waals surface area contributed by atoms with Crippen LogP contribution in [0, 0.1) is 0 Å². The van der Waals surface area contributed by atoms with Crippen molar-refractivity contribution >= 4 is 23.3 Å². The molecule has 0 spiro atoms. The molecule has 0 radical (unpaired) electrons. The number of hydrogen-bond donors (Lipinski definition) is 3. The lowest BCUT2D eigenvalue weighted by Crippen LogP contribution is -2.19. The van der Waals surface area contributed by atoms with Crippen molar-refractivity contribution in [3.05, 3.63) is 23.8 Å². The van der Waals surface area contributed by atoms with E-state index in [4.69, 9.17) is 5.11 Å². The molecular formula is C11H12N2O3. The summed E-state index contributed by atoms with van der Waals surface area (Å²) in [7, 11) is 0. The van der Waals surface area contributed by atoms with Gasteiger partial charge in [-0.3, -0.25) is 4.79 Å². The molecule has 0 saturated carbocycles. The van der Waals surface area contributed by atoms with Gasteiger partial charge in [0, 0.05) is 12.5 Å². The van der Waals surface area contributed by atoms with Crippen LogP contribution in [0.5, 0.6) is 0 Å². The van der Waals surface area contributed by atoms with Gasteiger partial charge >= 0.3 is 5.97 Å². The Balaban J connectivity index is 2.52. The Hall–Kier alpha value is -2.04. The highest BCUT2D eigenvalue weighted by Gasteiger charge is 2.21. The minimum Gasteiger partial charge on any atom is -0.478 e. The number of hydrogen-bond acceptors (Lipinski definition) is 3. The van der Waals surface area contributed by atoms with Gasteiger partial charge in [-0.25, -0.2) is 4.79 Å². The first-order chi connectivity index (χ1) is 7.58. The summed E-state index contributed by atoms with van der Waals surface area (Å²) in [6.07, 6.45) is 0.327. The lowest BCUT2D eigenvalue weighted by atomic mass is 10.1. The summed E-state index contributed by atoms with van der Waals surface area (Å²) in [5, 5.41) is 14.8. The molecule has 5 nitrogen and oxygen atoms in total. The second-order valence-corrected chi connectivity index (χ2v) is 3.83. The molecule has 0 unspecified atom stereocenters. The fourth-order valence-corrected chi connectivity index (χ4v) is 1.77. The summed E-state index contributed by atoms with van der Waals surface area (Å²) >= 11 is 0. The monoisotopic (exact) mass is 220 g/mol. The number of fused-ring (bicyclic) bond motifs is 1. The lowest BCUT2D eigenvalue weighted by Gasteiger charge is -2.13. The second kappa shape index (κ2) is 3.84. The molecule has 0 aromatic heterocycles. The highest BCUT2D eigenvalue weighted by Crippen LogP contribution is 2.29. The van der Waals surface area contributed by atoms with Crippen LogP contribution in [0.25, 0.3) is 0 Å². The second-order valence-electron chi connectivity index (χ2n) is 3.83. The number of aromatic carboxylic acids is 1. The Kier molecular flexibility index (Phi) is 2.52. The van der Waals surface area contributed by atoms with Crippen molar-refractivity contribution in [3.63, 3.8) is 0 Å². The number of rotatable bonds is 1. The van der Waals surface area contributed by atoms with Crippen LogP contribution >= 0.6 is 0 Å². The molecule has 1 aromatic rings. The van der Waals surface area contributed by atoms with Crippen LogP contribution in [-0.2, 0) is 4.79 Å². The predicted octanol–water partition coefficient (Wildman–Crippen LogP) is 1.53. The molecule has 1 amide bonds. The van der Waals surface area contributed by atoms with E-state index >= 15 is 0 Å². The molecular weight excluding hydrogens is 208 g/mol. The van der Waals surface area contributed by atoms with Gasteiger partial charge in [0.15, 0.2) is 0 Å².